The monoisotopic (exact) mass is 312 g/mol. The Hall–Kier alpha value is -2.30. The first-order chi connectivity index (χ1) is 11.3. The molecule has 122 valence electrons. The number of hydrogen-bond acceptors (Lipinski definition) is 5. The van der Waals surface area contributed by atoms with Gasteiger partial charge in [-0.15, -0.1) is 0 Å². The van der Waals surface area contributed by atoms with Crippen LogP contribution < -0.4 is 15.8 Å². The van der Waals surface area contributed by atoms with Gasteiger partial charge < -0.3 is 15.8 Å². The SMILES string of the molecule is CCc1ccc(Oc2ncnc(NC3CCCCC3)c2N)cc1. The van der Waals surface area contributed by atoms with Crippen LogP contribution in [-0.4, -0.2) is 16.0 Å². The Labute approximate surface area is 137 Å². The Bertz CT molecular complexity index is 636. The lowest BCUT2D eigenvalue weighted by atomic mass is 9.95. The largest absolute Gasteiger partial charge is 0.437 e. The molecule has 1 heterocycles. The first-order valence-electron chi connectivity index (χ1n) is 8.40. The molecule has 0 atom stereocenters. The van der Waals surface area contributed by atoms with Crippen molar-refractivity contribution >= 4 is 11.5 Å². The quantitative estimate of drug-likeness (QED) is 0.867. The fourth-order valence-corrected chi connectivity index (χ4v) is 2.92. The molecule has 1 aromatic carbocycles. The third-order valence-corrected chi connectivity index (χ3v) is 4.34. The van der Waals surface area contributed by atoms with E-state index in [1.54, 1.807) is 0 Å². The molecule has 0 spiro atoms. The van der Waals surface area contributed by atoms with E-state index in [2.05, 4.69) is 22.2 Å². The molecule has 0 bridgehead atoms. The normalized spacial score (nSPS) is 15.3. The van der Waals surface area contributed by atoms with E-state index in [-0.39, 0.29) is 0 Å². The number of benzene rings is 1. The molecule has 1 fully saturated rings. The first kappa shape index (κ1) is 15.6. The Morgan fingerprint density at radius 3 is 2.57 bits per heavy atom. The second-order valence-corrected chi connectivity index (χ2v) is 6.02. The molecule has 1 aromatic heterocycles. The van der Waals surface area contributed by atoms with Crippen molar-refractivity contribution in [1.29, 1.82) is 0 Å². The number of nitrogens with one attached hydrogen (secondary N) is 1. The third-order valence-electron chi connectivity index (χ3n) is 4.34. The van der Waals surface area contributed by atoms with E-state index in [9.17, 15) is 0 Å². The van der Waals surface area contributed by atoms with E-state index in [1.165, 1.54) is 31.2 Å². The Balaban J connectivity index is 1.72. The van der Waals surface area contributed by atoms with Gasteiger partial charge in [0.1, 0.15) is 17.8 Å². The molecule has 0 amide bonds. The summed E-state index contributed by atoms with van der Waals surface area (Å²) in [6.45, 7) is 2.13. The molecule has 1 saturated carbocycles. The highest BCUT2D eigenvalue weighted by Gasteiger charge is 2.17. The summed E-state index contributed by atoms with van der Waals surface area (Å²) in [7, 11) is 0. The van der Waals surface area contributed by atoms with Crippen molar-refractivity contribution in [2.45, 2.75) is 51.5 Å². The second-order valence-electron chi connectivity index (χ2n) is 6.02. The van der Waals surface area contributed by atoms with Crippen molar-refractivity contribution in [3.63, 3.8) is 0 Å². The highest BCUT2D eigenvalue weighted by atomic mass is 16.5. The van der Waals surface area contributed by atoms with Gasteiger partial charge in [0.2, 0.25) is 5.88 Å². The topological polar surface area (TPSA) is 73.1 Å². The van der Waals surface area contributed by atoms with Crippen LogP contribution in [0.2, 0.25) is 0 Å². The van der Waals surface area contributed by atoms with Crippen molar-refractivity contribution < 1.29 is 4.74 Å². The van der Waals surface area contributed by atoms with Crippen molar-refractivity contribution in [3.05, 3.63) is 36.2 Å². The van der Waals surface area contributed by atoms with Crippen LogP contribution in [0.4, 0.5) is 11.5 Å². The Kier molecular flexibility index (Phi) is 4.95. The minimum atomic E-state index is 0.405. The molecule has 1 aliphatic carbocycles. The van der Waals surface area contributed by atoms with E-state index in [0.717, 1.165) is 25.0 Å². The van der Waals surface area contributed by atoms with E-state index in [1.807, 2.05) is 24.3 Å². The summed E-state index contributed by atoms with van der Waals surface area (Å²) in [6, 6.07) is 8.42. The van der Waals surface area contributed by atoms with Gasteiger partial charge in [0.05, 0.1) is 0 Å². The Morgan fingerprint density at radius 1 is 1.13 bits per heavy atom. The van der Waals surface area contributed by atoms with Gasteiger partial charge in [-0.05, 0) is 37.0 Å². The summed E-state index contributed by atoms with van der Waals surface area (Å²) in [6.07, 6.45) is 8.67. The van der Waals surface area contributed by atoms with Crippen molar-refractivity contribution in [2.24, 2.45) is 0 Å². The molecule has 0 aliphatic heterocycles. The number of nitrogens with zero attached hydrogens (tertiary/aromatic N) is 2. The molecule has 0 radical (unpaired) electrons. The summed E-state index contributed by atoms with van der Waals surface area (Å²) >= 11 is 0. The maximum atomic E-state index is 6.19. The molecular weight excluding hydrogens is 288 g/mol. The summed E-state index contributed by atoms with van der Waals surface area (Å²) in [5, 5.41) is 3.44. The second kappa shape index (κ2) is 7.31. The number of ether oxygens (including phenoxy) is 1. The number of anilines is 2. The molecule has 1 aliphatic rings. The molecule has 5 nitrogen and oxygen atoms in total. The van der Waals surface area contributed by atoms with Crippen LogP contribution in [-0.2, 0) is 6.42 Å². The zero-order chi connectivity index (χ0) is 16.1. The van der Waals surface area contributed by atoms with E-state index >= 15 is 0 Å². The highest BCUT2D eigenvalue weighted by molar-refractivity contribution is 5.67. The van der Waals surface area contributed by atoms with Crippen LogP contribution in [0, 0.1) is 0 Å². The first-order valence-corrected chi connectivity index (χ1v) is 8.40. The molecule has 5 heteroatoms. The number of aromatic nitrogens is 2. The molecule has 3 N–H and O–H groups in total. The summed E-state index contributed by atoms with van der Waals surface area (Å²) < 4.78 is 5.82. The van der Waals surface area contributed by atoms with Crippen LogP contribution in [0.3, 0.4) is 0 Å². The standard InChI is InChI=1S/C18H24N4O/c1-2-13-8-10-15(11-9-13)23-18-16(19)17(20-12-21-18)22-14-6-4-3-5-7-14/h8-12,14H,2-7,19H2,1H3,(H,20,21,22). The lowest BCUT2D eigenvalue weighted by molar-refractivity contribution is 0.457. The lowest BCUT2D eigenvalue weighted by Gasteiger charge is -2.24. The zero-order valence-corrected chi connectivity index (χ0v) is 13.6. The highest BCUT2D eigenvalue weighted by Crippen LogP contribution is 2.31. The molecule has 0 saturated heterocycles. The van der Waals surface area contributed by atoms with Crippen LogP contribution in [0.1, 0.15) is 44.6 Å². The van der Waals surface area contributed by atoms with Gasteiger partial charge in [-0.2, -0.15) is 4.98 Å². The predicted molar refractivity (Wildman–Crippen MR) is 92.8 cm³/mol. The smallest absolute Gasteiger partial charge is 0.248 e. The average molecular weight is 312 g/mol. The fraction of sp³-hybridized carbons (Fsp3) is 0.444. The van der Waals surface area contributed by atoms with E-state index < -0.39 is 0 Å². The van der Waals surface area contributed by atoms with Crippen molar-refractivity contribution in [1.82, 2.24) is 9.97 Å². The van der Waals surface area contributed by atoms with Gasteiger partial charge >= 0.3 is 0 Å². The van der Waals surface area contributed by atoms with Crippen LogP contribution >= 0.6 is 0 Å². The van der Waals surface area contributed by atoms with Crippen molar-refractivity contribution in [3.8, 4) is 11.6 Å². The molecule has 0 unspecified atom stereocenters. The molecule has 3 rings (SSSR count). The summed E-state index contributed by atoms with van der Waals surface area (Å²) in [5.41, 5.74) is 7.93. The number of rotatable bonds is 5. The number of nitrogen functional groups attached to an aromatic ring is 1. The van der Waals surface area contributed by atoms with Gasteiger partial charge in [-0.1, -0.05) is 38.3 Å². The van der Waals surface area contributed by atoms with Gasteiger partial charge in [-0.25, -0.2) is 4.98 Å². The third kappa shape index (κ3) is 3.92. The van der Waals surface area contributed by atoms with Crippen LogP contribution in [0.5, 0.6) is 11.6 Å². The lowest BCUT2D eigenvalue weighted by Crippen LogP contribution is -2.23. The van der Waals surface area contributed by atoms with Crippen molar-refractivity contribution in [2.75, 3.05) is 11.1 Å². The Morgan fingerprint density at radius 2 is 1.87 bits per heavy atom. The average Bonchev–Trinajstić information content (AvgIpc) is 2.60. The number of aryl methyl sites for hydroxylation is 1. The van der Waals surface area contributed by atoms with E-state index in [0.29, 0.717) is 23.4 Å². The predicted octanol–water partition coefficient (Wildman–Crippen LogP) is 4.16. The summed E-state index contributed by atoms with van der Waals surface area (Å²) in [5.74, 6) is 1.81. The summed E-state index contributed by atoms with van der Waals surface area (Å²) in [4.78, 5) is 8.45. The number of nitrogens with two attached hydrogens (primary N) is 1. The maximum Gasteiger partial charge on any atom is 0.248 e. The van der Waals surface area contributed by atoms with E-state index in [4.69, 9.17) is 10.5 Å². The molecular formula is C18H24N4O. The molecule has 23 heavy (non-hydrogen) atoms. The van der Waals surface area contributed by atoms with Gasteiger partial charge in [0, 0.05) is 6.04 Å². The fourth-order valence-electron chi connectivity index (χ4n) is 2.92. The van der Waals surface area contributed by atoms with Gasteiger partial charge in [0.25, 0.3) is 0 Å². The van der Waals surface area contributed by atoms with Crippen LogP contribution in [0.15, 0.2) is 30.6 Å². The minimum Gasteiger partial charge on any atom is -0.437 e. The van der Waals surface area contributed by atoms with Crippen LogP contribution in [0.25, 0.3) is 0 Å². The maximum absolute atomic E-state index is 6.19. The zero-order valence-electron chi connectivity index (χ0n) is 13.6. The minimum absolute atomic E-state index is 0.405. The van der Waals surface area contributed by atoms with Gasteiger partial charge in [-0.3, -0.25) is 0 Å². The van der Waals surface area contributed by atoms with Gasteiger partial charge in [0.15, 0.2) is 5.82 Å². The molecule has 2 aromatic rings. The number of hydrogen-bond donors (Lipinski definition) is 2.